The summed E-state index contributed by atoms with van der Waals surface area (Å²) in [6.07, 6.45) is 9.50. The Balaban J connectivity index is 0. The Hall–Kier alpha value is 0.0200. The van der Waals surface area contributed by atoms with Crippen molar-refractivity contribution >= 4 is 11.8 Å². The molecule has 0 amide bonds. The van der Waals surface area contributed by atoms with E-state index in [0.717, 1.165) is 18.7 Å². The minimum Gasteiger partial charge on any atom is -0.870 e. The van der Waals surface area contributed by atoms with Gasteiger partial charge in [-0.25, -0.2) is 4.99 Å². The van der Waals surface area contributed by atoms with Crippen molar-refractivity contribution in [2.75, 3.05) is 32.8 Å². The zero-order valence-corrected chi connectivity index (χ0v) is 16.8. The van der Waals surface area contributed by atoms with Crippen LogP contribution in [0.4, 0.5) is 0 Å². The van der Waals surface area contributed by atoms with Crippen molar-refractivity contribution in [2.45, 2.75) is 58.3 Å². The van der Waals surface area contributed by atoms with E-state index in [9.17, 15) is 15.0 Å². The van der Waals surface area contributed by atoms with Gasteiger partial charge in [0.2, 0.25) is 0 Å². The number of carboxylic acids is 1. The summed E-state index contributed by atoms with van der Waals surface area (Å²) in [4.78, 5) is 15.5. The number of carbonyl (C=O) groups is 1. The van der Waals surface area contributed by atoms with Crippen LogP contribution in [-0.4, -0.2) is 59.7 Å². The summed E-state index contributed by atoms with van der Waals surface area (Å²) in [7, 11) is 0. The molecule has 2 N–H and O–H groups in total. The standard InChI is InChI=1S/C16H30N2O3.Na.H2O/c1-2-3-4-5-6-7-8-9-15-17-10-11-18(15,12-13-19)14-16(20)21;;/h19H,2-14H2,1H3;;1H2/q;+1;/p-1. The summed E-state index contributed by atoms with van der Waals surface area (Å²) in [6.45, 7) is 3.93. The average molecular weight is 338 g/mol. The summed E-state index contributed by atoms with van der Waals surface area (Å²) < 4.78 is 0.300. The molecule has 0 fully saturated rings. The van der Waals surface area contributed by atoms with E-state index < -0.39 is 5.97 Å². The van der Waals surface area contributed by atoms with Crippen LogP contribution in [0.25, 0.3) is 0 Å². The maximum Gasteiger partial charge on any atom is 1.00 e. The van der Waals surface area contributed by atoms with Gasteiger partial charge in [-0.3, -0.25) is 4.48 Å². The van der Waals surface area contributed by atoms with Gasteiger partial charge in [0, 0.05) is 6.42 Å². The predicted octanol–water partition coefficient (Wildman–Crippen LogP) is -2.07. The Kier molecular flexibility index (Phi) is 15.8. The fraction of sp³-hybridized carbons (Fsp3) is 0.875. The number of carbonyl (C=O) groups excluding carboxylic acids is 1. The van der Waals surface area contributed by atoms with Crippen LogP contribution < -0.4 is 34.7 Å². The van der Waals surface area contributed by atoms with E-state index in [4.69, 9.17) is 0 Å². The molecular formula is C16H31N2NaO4. The van der Waals surface area contributed by atoms with Gasteiger partial charge in [-0.15, -0.1) is 0 Å². The molecule has 1 aliphatic heterocycles. The molecular weight excluding hydrogens is 307 g/mol. The molecule has 0 radical (unpaired) electrons. The molecule has 0 aromatic carbocycles. The van der Waals surface area contributed by atoms with Crippen molar-refractivity contribution in [1.82, 2.24) is 0 Å². The Morgan fingerprint density at radius 1 is 1.22 bits per heavy atom. The Bertz CT molecular complexity index is 353. The van der Waals surface area contributed by atoms with Crippen LogP contribution in [0.5, 0.6) is 0 Å². The third-order valence-electron chi connectivity index (χ3n) is 4.33. The largest absolute Gasteiger partial charge is 1.00 e. The number of hydrogen-bond donors (Lipinski definition) is 1. The van der Waals surface area contributed by atoms with E-state index in [1.807, 2.05) is 0 Å². The molecule has 1 rings (SSSR count). The van der Waals surface area contributed by atoms with Crippen LogP contribution >= 0.6 is 0 Å². The number of nitrogens with zero attached hydrogens (tertiary/aromatic N) is 2. The number of carboxylic acid groups (broad SMARTS) is 1. The third kappa shape index (κ3) is 9.17. The fourth-order valence-electron chi connectivity index (χ4n) is 3.13. The second kappa shape index (κ2) is 14.4. The zero-order chi connectivity index (χ0) is 15.6. The summed E-state index contributed by atoms with van der Waals surface area (Å²) >= 11 is 0. The maximum absolute atomic E-state index is 11.0. The number of hydrogen-bond acceptors (Lipinski definition) is 5. The van der Waals surface area contributed by atoms with Crippen LogP contribution in [0.15, 0.2) is 4.99 Å². The number of rotatable bonds is 12. The Morgan fingerprint density at radius 2 is 1.83 bits per heavy atom. The molecule has 0 spiro atoms. The van der Waals surface area contributed by atoms with E-state index in [1.165, 1.54) is 38.5 Å². The molecule has 130 valence electrons. The number of aliphatic imine (C=N–C) groups is 1. The zero-order valence-electron chi connectivity index (χ0n) is 14.8. The monoisotopic (exact) mass is 338 g/mol. The smallest absolute Gasteiger partial charge is 0.870 e. The molecule has 6 nitrogen and oxygen atoms in total. The molecule has 0 bridgehead atoms. The van der Waals surface area contributed by atoms with Crippen molar-refractivity contribution in [2.24, 2.45) is 4.99 Å². The number of unbranched alkanes of at least 4 members (excludes halogenated alkanes) is 6. The topological polar surface area (TPSA) is 103 Å². The van der Waals surface area contributed by atoms with E-state index in [2.05, 4.69) is 11.9 Å². The number of amidine groups is 1. The molecule has 1 atom stereocenters. The molecule has 7 heteroatoms. The minimum atomic E-state index is -1.06. The maximum atomic E-state index is 11.0. The van der Waals surface area contributed by atoms with E-state index in [-0.39, 0.29) is 48.2 Å². The SMILES string of the molecule is CCCCCCCCCC1=NCC[N+]1(CCO)CC(=O)[O-].[Na+].[OH-]. The van der Waals surface area contributed by atoms with Gasteiger partial charge >= 0.3 is 29.6 Å². The third-order valence-corrected chi connectivity index (χ3v) is 4.33. The predicted molar refractivity (Wildman–Crippen MR) is 83.8 cm³/mol. The van der Waals surface area contributed by atoms with Crippen LogP contribution in [0, 0.1) is 0 Å². The molecule has 0 aliphatic carbocycles. The van der Waals surface area contributed by atoms with Crippen LogP contribution in [-0.2, 0) is 4.79 Å². The minimum absolute atomic E-state index is 0. The fourth-order valence-corrected chi connectivity index (χ4v) is 3.13. The quantitative estimate of drug-likeness (QED) is 0.251. The molecule has 0 aromatic heterocycles. The van der Waals surface area contributed by atoms with Gasteiger partial charge < -0.3 is 20.5 Å². The van der Waals surface area contributed by atoms with Gasteiger partial charge in [-0.05, 0) is 6.42 Å². The number of quaternary nitrogens is 1. The second-order valence-corrected chi connectivity index (χ2v) is 6.02. The number of aliphatic carboxylic acids is 1. The van der Waals surface area contributed by atoms with Gasteiger partial charge in [-0.1, -0.05) is 45.4 Å². The van der Waals surface area contributed by atoms with Gasteiger partial charge in [0.25, 0.3) is 0 Å². The normalized spacial score (nSPS) is 19.7. The molecule has 23 heavy (non-hydrogen) atoms. The van der Waals surface area contributed by atoms with E-state index in [0.29, 0.717) is 24.1 Å². The Morgan fingerprint density at radius 3 is 2.39 bits per heavy atom. The van der Waals surface area contributed by atoms with Crippen LogP contribution in [0.2, 0.25) is 0 Å². The summed E-state index contributed by atoms with van der Waals surface area (Å²) in [6, 6.07) is 0. The Labute approximate surface area is 162 Å². The first kappa shape index (κ1) is 25.3. The molecule has 0 saturated carbocycles. The van der Waals surface area contributed by atoms with Gasteiger partial charge in [0.1, 0.15) is 19.6 Å². The number of aliphatic hydroxyl groups excluding tert-OH is 1. The molecule has 1 unspecified atom stereocenters. The van der Waals surface area contributed by atoms with Crippen molar-refractivity contribution in [3.8, 4) is 0 Å². The van der Waals surface area contributed by atoms with Crippen molar-refractivity contribution in [1.29, 1.82) is 0 Å². The van der Waals surface area contributed by atoms with Crippen molar-refractivity contribution in [3.05, 3.63) is 0 Å². The van der Waals surface area contributed by atoms with Gasteiger partial charge in [-0.2, -0.15) is 0 Å². The van der Waals surface area contributed by atoms with Crippen LogP contribution in [0.1, 0.15) is 58.3 Å². The molecule has 1 heterocycles. The van der Waals surface area contributed by atoms with Gasteiger partial charge in [0.15, 0.2) is 5.84 Å². The van der Waals surface area contributed by atoms with Crippen molar-refractivity contribution < 1.29 is 54.5 Å². The first-order valence-corrected chi connectivity index (χ1v) is 8.35. The van der Waals surface area contributed by atoms with E-state index in [1.54, 1.807) is 0 Å². The average Bonchev–Trinajstić information content (AvgIpc) is 2.80. The van der Waals surface area contributed by atoms with E-state index >= 15 is 0 Å². The molecule has 0 saturated heterocycles. The van der Waals surface area contributed by atoms with Crippen LogP contribution in [0.3, 0.4) is 0 Å². The molecule has 1 aliphatic rings. The summed E-state index contributed by atoms with van der Waals surface area (Å²) in [5.74, 6) is -0.112. The number of aliphatic hydroxyl groups is 1. The molecule has 0 aromatic rings. The van der Waals surface area contributed by atoms with Crippen molar-refractivity contribution in [3.63, 3.8) is 0 Å². The van der Waals surface area contributed by atoms with Gasteiger partial charge in [0.05, 0.1) is 19.1 Å². The first-order valence-electron chi connectivity index (χ1n) is 8.35. The summed E-state index contributed by atoms with van der Waals surface area (Å²) in [5.41, 5.74) is 0. The first-order chi connectivity index (χ1) is 10.1. The second-order valence-electron chi connectivity index (χ2n) is 6.02. The summed E-state index contributed by atoms with van der Waals surface area (Å²) in [5, 5.41) is 20.2.